The van der Waals surface area contributed by atoms with E-state index in [-0.39, 0.29) is 11.0 Å². The van der Waals surface area contributed by atoms with Crippen molar-refractivity contribution < 1.29 is 23.9 Å². The highest BCUT2D eigenvalue weighted by atomic mass is 35.5. The van der Waals surface area contributed by atoms with Gasteiger partial charge in [-0.2, -0.15) is 0 Å². The third-order valence-corrected chi connectivity index (χ3v) is 4.75. The number of imide groups is 1. The zero-order valence-electron chi connectivity index (χ0n) is 14.1. The first-order valence-corrected chi connectivity index (χ1v) is 8.83. The van der Waals surface area contributed by atoms with Gasteiger partial charge in [-0.1, -0.05) is 24.6 Å². The van der Waals surface area contributed by atoms with Crippen LogP contribution >= 0.6 is 23.4 Å². The third kappa shape index (κ3) is 4.76. The minimum absolute atomic E-state index is 0.0400. The van der Waals surface area contributed by atoms with Crippen LogP contribution in [0.3, 0.4) is 0 Å². The molecule has 1 fully saturated rings. The highest BCUT2D eigenvalue weighted by Crippen LogP contribution is 2.34. The zero-order valence-corrected chi connectivity index (χ0v) is 15.6. The zero-order chi connectivity index (χ0) is 18.6. The fourth-order valence-corrected chi connectivity index (χ4v) is 3.06. The van der Waals surface area contributed by atoms with Crippen LogP contribution in [0.25, 0.3) is 6.08 Å². The second-order valence-electron chi connectivity index (χ2n) is 5.37. The van der Waals surface area contributed by atoms with E-state index in [2.05, 4.69) is 4.74 Å². The molecule has 1 aromatic carbocycles. The van der Waals surface area contributed by atoms with Gasteiger partial charge in [0.1, 0.15) is 12.3 Å². The van der Waals surface area contributed by atoms with Crippen molar-refractivity contribution >= 4 is 46.6 Å². The number of hydrogen-bond donors (Lipinski definition) is 0. The highest BCUT2D eigenvalue weighted by molar-refractivity contribution is 8.18. The molecule has 0 spiro atoms. The molecular weight excluding hydrogens is 366 g/mol. The molecule has 0 unspecified atom stereocenters. The fraction of sp³-hybridized carbons (Fsp3) is 0.353. The number of ether oxygens (including phenoxy) is 2. The molecular formula is C17H18ClNO5S. The van der Waals surface area contributed by atoms with Gasteiger partial charge in [-0.3, -0.25) is 19.3 Å². The maximum absolute atomic E-state index is 12.3. The van der Waals surface area contributed by atoms with Crippen LogP contribution in [0.5, 0.6) is 5.75 Å². The number of carbonyl (C=O) groups excluding carboxylic acids is 3. The number of benzene rings is 1. The van der Waals surface area contributed by atoms with Gasteiger partial charge in [0.05, 0.1) is 23.1 Å². The monoisotopic (exact) mass is 383 g/mol. The molecule has 1 atom stereocenters. The van der Waals surface area contributed by atoms with E-state index in [1.807, 2.05) is 13.8 Å². The molecule has 2 rings (SSSR count). The van der Waals surface area contributed by atoms with Gasteiger partial charge >= 0.3 is 5.97 Å². The minimum Gasteiger partial charge on any atom is -0.489 e. The number of halogens is 1. The second-order valence-corrected chi connectivity index (χ2v) is 6.77. The van der Waals surface area contributed by atoms with Gasteiger partial charge in [0.15, 0.2) is 0 Å². The summed E-state index contributed by atoms with van der Waals surface area (Å²) in [5, 5.41) is -0.0905. The number of amides is 2. The Bertz CT molecular complexity index is 734. The molecule has 1 aliphatic rings. The quantitative estimate of drug-likeness (QED) is 0.550. The van der Waals surface area contributed by atoms with Crippen LogP contribution in [0.2, 0.25) is 5.02 Å². The summed E-state index contributed by atoms with van der Waals surface area (Å²) < 4.78 is 10.2. The number of methoxy groups -OCH3 is 1. The van der Waals surface area contributed by atoms with Gasteiger partial charge in [-0.25, -0.2) is 0 Å². The standard InChI is InChI=1S/C17H18ClNO5S/c1-4-10(2)24-13-6-5-11(7-12(13)18)8-14-16(21)19(17(22)25-14)9-15(20)23-3/h5-8,10H,4,9H2,1-3H3/b14-8-/t10-/m1/s1. The van der Waals surface area contributed by atoms with Gasteiger partial charge in [0.2, 0.25) is 0 Å². The SMILES string of the molecule is CC[C@@H](C)Oc1ccc(/C=C2\SC(=O)N(CC(=O)OC)C2=O)cc1Cl. The molecule has 0 aliphatic carbocycles. The lowest BCUT2D eigenvalue weighted by Gasteiger charge is -2.14. The number of esters is 1. The molecule has 0 aromatic heterocycles. The van der Waals surface area contributed by atoms with E-state index in [0.717, 1.165) is 23.1 Å². The van der Waals surface area contributed by atoms with Crippen molar-refractivity contribution in [3.8, 4) is 5.75 Å². The summed E-state index contributed by atoms with van der Waals surface area (Å²) in [5.41, 5.74) is 0.657. The Morgan fingerprint density at radius 1 is 1.40 bits per heavy atom. The average molecular weight is 384 g/mol. The van der Waals surface area contributed by atoms with Crippen LogP contribution < -0.4 is 4.74 Å². The van der Waals surface area contributed by atoms with Crippen LogP contribution in [0.15, 0.2) is 23.1 Å². The lowest BCUT2D eigenvalue weighted by molar-refractivity contribution is -0.143. The molecule has 0 bridgehead atoms. The van der Waals surface area contributed by atoms with E-state index in [0.29, 0.717) is 16.3 Å². The Labute approximate surface area is 155 Å². The van der Waals surface area contributed by atoms with Crippen molar-refractivity contribution in [2.75, 3.05) is 13.7 Å². The third-order valence-electron chi connectivity index (χ3n) is 3.55. The van der Waals surface area contributed by atoms with E-state index >= 15 is 0 Å². The normalized spacial score (nSPS) is 17.1. The van der Waals surface area contributed by atoms with Crippen LogP contribution in [0, 0.1) is 0 Å². The first-order valence-electron chi connectivity index (χ1n) is 7.64. The largest absolute Gasteiger partial charge is 0.489 e. The summed E-state index contributed by atoms with van der Waals surface area (Å²) in [5.74, 6) is -0.624. The summed E-state index contributed by atoms with van der Waals surface area (Å²) in [4.78, 5) is 36.5. The molecule has 1 aliphatic heterocycles. The Hall–Kier alpha value is -1.99. The fourth-order valence-electron chi connectivity index (χ4n) is 1.98. The molecule has 1 saturated heterocycles. The molecule has 25 heavy (non-hydrogen) atoms. The number of hydrogen-bond acceptors (Lipinski definition) is 6. The summed E-state index contributed by atoms with van der Waals surface area (Å²) in [7, 11) is 1.20. The van der Waals surface area contributed by atoms with Crippen molar-refractivity contribution in [2.24, 2.45) is 0 Å². The second kappa shape index (κ2) is 8.40. The van der Waals surface area contributed by atoms with Gasteiger partial charge in [-0.05, 0) is 48.9 Å². The van der Waals surface area contributed by atoms with Crippen molar-refractivity contribution in [2.45, 2.75) is 26.4 Å². The summed E-state index contributed by atoms with van der Waals surface area (Å²) in [6, 6.07) is 5.13. The number of nitrogens with zero attached hydrogens (tertiary/aromatic N) is 1. The number of carbonyl (C=O) groups is 3. The van der Waals surface area contributed by atoms with Gasteiger partial charge in [0, 0.05) is 0 Å². The Morgan fingerprint density at radius 2 is 2.12 bits per heavy atom. The van der Waals surface area contributed by atoms with E-state index in [4.69, 9.17) is 16.3 Å². The van der Waals surface area contributed by atoms with Crippen molar-refractivity contribution in [1.29, 1.82) is 0 Å². The average Bonchev–Trinajstić information content (AvgIpc) is 2.84. The van der Waals surface area contributed by atoms with E-state index in [9.17, 15) is 14.4 Å². The summed E-state index contributed by atoms with van der Waals surface area (Å²) in [6.45, 7) is 3.56. The Kier molecular flexibility index (Phi) is 6.50. The van der Waals surface area contributed by atoms with Crippen LogP contribution in [-0.2, 0) is 14.3 Å². The molecule has 1 heterocycles. The van der Waals surface area contributed by atoms with Crippen molar-refractivity contribution in [3.63, 3.8) is 0 Å². The van der Waals surface area contributed by atoms with Crippen LogP contribution in [-0.4, -0.2) is 41.8 Å². The van der Waals surface area contributed by atoms with Crippen LogP contribution in [0.4, 0.5) is 4.79 Å². The smallest absolute Gasteiger partial charge is 0.325 e. The van der Waals surface area contributed by atoms with Gasteiger partial charge < -0.3 is 9.47 Å². The van der Waals surface area contributed by atoms with E-state index < -0.39 is 23.7 Å². The van der Waals surface area contributed by atoms with Crippen molar-refractivity contribution in [3.05, 3.63) is 33.7 Å². The van der Waals surface area contributed by atoms with Crippen molar-refractivity contribution in [1.82, 2.24) is 4.90 Å². The minimum atomic E-state index is -0.654. The maximum Gasteiger partial charge on any atom is 0.325 e. The molecule has 1 aromatic rings. The molecule has 134 valence electrons. The maximum atomic E-state index is 12.3. The predicted molar refractivity (Wildman–Crippen MR) is 96.5 cm³/mol. The van der Waals surface area contributed by atoms with Gasteiger partial charge in [-0.15, -0.1) is 0 Å². The van der Waals surface area contributed by atoms with E-state index in [1.165, 1.54) is 7.11 Å². The topological polar surface area (TPSA) is 72.9 Å². The molecule has 0 N–H and O–H groups in total. The van der Waals surface area contributed by atoms with E-state index in [1.54, 1.807) is 24.3 Å². The Balaban J connectivity index is 2.17. The molecule has 2 amide bonds. The van der Waals surface area contributed by atoms with Crippen LogP contribution in [0.1, 0.15) is 25.8 Å². The molecule has 6 nitrogen and oxygen atoms in total. The number of thioether (sulfide) groups is 1. The molecule has 8 heteroatoms. The lowest BCUT2D eigenvalue weighted by Crippen LogP contribution is -2.34. The first-order chi connectivity index (χ1) is 11.8. The van der Waals surface area contributed by atoms with Gasteiger partial charge in [0.25, 0.3) is 11.1 Å². The number of rotatable bonds is 6. The highest BCUT2D eigenvalue weighted by Gasteiger charge is 2.36. The predicted octanol–water partition coefficient (Wildman–Crippen LogP) is 3.73. The Morgan fingerprint density at radius 3 is 2.72 bits per heavy atom. The first kappa shape index (κ1) is 19.3. The molecule has 0 saturated carbocycles. The lowest BCUT2D eigenvalue weighted by atomic mass is 10.2. The summed E-state index contributed by atoms with van der Waals surface area (Å²) in [6.07, 6.45) is 2.45. The molecule has 0 radical (unpaired) electrons. The summed E-state index contributed by atoms with van der Waals surface area (Å²) >= 11 is 6.98.